The molecule has 2 rings (SSSR count). The first kappa shape index (κ1) is 15.9. The maximum atomic E-state index is 11.1. The van der Waals surface area contributed by atoms with Crippen molar-refractivity contribution in [2.24, 2.45) is 0 Å². The quantitative estimate of drug-likeness (QED) is 0.611. The van der Waals surface area contributed by atoms with Crippen LogP contribution in [0.25, 0.3) is 0 Å². The number of rotatable bonds is 6. The summed E-state index contributed by atoms with van der Waals surface area (Å²) >= 11 is 4.22. The minimum atomic E-state index is -0.492. The second kappa shape index (κ2) is 6.96. The van der Waals surface area contributed by atoms with Crippen molar-refractivity contribution < 1.29 is 10.0 Å². The number of aromatic nitrogens is 4. The zero-order valence-corrected chi connectivity index (χ0v) is 13.5. The number of hydrogen-bond acceptors (Lipinski definition) is 7. The number of hydrogen-bond donors (Lipinski definition) is 1. The van der Waals surface area contributed by atoms with Crippen LogP contribution in [0, 0.1) is 10.1 Å². The molecule has 1 N–H and O–H groups in total. The van der Waals surface area contributed by atoms with E-state index in [4.69, 9.17) is 0 Å². The van der Waals surface area contributed by atoms with E-state index >= 15 is 0 Å². The number of aliphatic hydroxyl groups is 1. The molecule has 112 valence electrons. The highest BCUT2D eigenvalue weighted by Crippen LogP contribution is 2.33. The number of halogens is 1. The van der Waals surface area contributed by atoms with Gasteiger partial charge in [-0.05, 0) is 34.1 Å². The summed E-state index contributed by atoms with van der Waals surface area (Å²) in [7, 11) is 0. The van der Waals surface area contributed by atoms with Gasteiger partial charge in [-0.3, -0.25) is 10.1 Å². The highest BCUT2D eigenvalue weighted by atomic mass is 79.9. The summed E-state index contributed by atoms with van der Waals surface area (Å²) < 4.78 is 2.27. The smallest absolute Gasteiger partial charge is 0.302 e. The van der Waals surface area contributed by atoms with E-state index < -0.39 is 4.92 Å². The van der Waals surface area contributed by atoms with Crippen molar-refractivity contribution in [3.8, 4) is 0 Å². The maximum Gasteiger partial charge on any atom is 0.302 e. The van der Waals surface area contributed by atoms with Crippen LogP contribution in [0.1, 0.15) is 19.2 Å². The van der Waals surface area contributed by atoms with Crippen LogP contribution in [0.2, 0.25) is 0 Å². The summed E-state index contributed by atoms with van der Waals surface area (Å²) in [6.07, 6.45) is 2.32. The molecule has 0 aromatic carbocycles. The minimum Gasteiger partial charge on any atom is -0.388 e. The molecule has 0 atom stereocenters. The van der Waals surface area contributed by atoms with Gasteiger partial charge in [0.2, 0.25) is 0 Å². The Bertz CT molecular complexity index is 663. The van der Waals surface area contributed by atoms with Gasteiger partial charge in [-0.2, -0.15) is 0 Å². The van der Waals surface area contributed by atoms with Gasteiger partial charge in [0.25, 0.3) is 0 Å². The van der Waals surface area contributed by atoms with Crippen LogP contribution in [0.15, 0.2) is 26.9 Å². The molecule has 0 saturated heterocycles. The molecule has 2 aromatic rings. The highest BCUT2D eigenvalue weighted by molar-refractivity contribution is 9.10. The van der Waals surface area contributed by atoms with Gasteiger partial charge in [0.15, 0.2) is 16.0 Å². The van der Waals surface area contributed by atoms with Gasteiger partial charge in [-0.15, -0.1) is 10.2 Å². The monoisotopic (exact) mass is 373 g/mol. The zero-order chi connectivity index (χ0) is 15.4. The van der Waals surface area contributed by atoms with Gasteiger partial charge in [0, 0.05) is 23.3 Å². The van der Waals surface area contributed by atoms with Crippen LogP contribution in [0.5, 0.6) is 0 Å². The van der Waals surface area contributed by atoms with Crippen molar-refractivity contribution >= 4 is 33.4 Å². The zero-order valence-electron chi connectivity index (χ0n) is 11.1. The Hall–Kier alpha value is -1.52. The van der Waals surface area contributed by atoms with Gasteiger partial charge in [-0.25, -0.2) is 4.98 Å². The number of aliphatic hydroxyl groups excluding tert-OH is 1. The Balaban J connectivity index is 2.38. The fourth-order valence-corrected chi connectivity index (χ4v) is 2.90. The summed E-state index contributed by atoms with van der Waals surface area (Å²) in [5, 5.41) is 28.9. The summed E-state index contributed by atoms with van der Waals surface area (Å²) in [5.74, 6) is 0.430. The first-order valence-corrected chi connectivity index (χ1v) is 7.68. The Morgan fingerprint density at radius 1 is 1.52 bits per heavy atom. The van der Waals surface area contributed by atoms with Crippen LogP contribution in [0.4, 0.5) is 5.69 Å². The molecule has 2 aromatic heterocycles. The molecule has 0 aliphatic heterocycles. The normalized spacial score (nSPS) is 10.8. The second-order valence-electron chi connectivity index (χ2n) is 4.05. The predicted molar refractivity (Wildman–Crippen MR) is 79.0 cm³/mol. The topological polar surface area (TPSA) is 107 Å². The van der Waals surface area contributed by atoms with Crippen molar-refractivity contribution in [1.82, 2.24) is 19.7 Å². The number of pyridine rings is 1. The third-order valence-corrected chi connectivity index (χ3v) is 3.99. The van der Waals surface area contributed by atoms with Crippen LogP contribution >= 0.6 is 27.7 Å². The van der Waals surface area contributed by atoms with Crippen LogP contribution in [-0.4, -0.2) is 29.8 Å². The van der Waals surface area contributed by atoms with E-state index in [1.54, 1.807) is 4.57 Å². The number of nitrogens with zero attached hydrogens (tertiary/aromatic N) is 5. The van der Waals surface area contributed by atoms with Crippen molar-refractivity contribution in [2.75, 3.05) is 0 Å². The van der Waals surface area contributed by atoms with E-state index in [9.17, 15) is 15.2 Å². The molecule has 0 amide bonds. The van der Waals surface area contributed by atoms with Gasteiger partial charge < -0.3 is 9.67 Å². The van der Waals surface area contributed by atoms with Crippen LogP contribution in [-0.2, 0) is 13.2 Å². The van der Waals surface area contributed by atoms with Crippen molar-refractivity contribution in [3.05, 3.63) is 32.7 Å². The molecule has 0 aliphatic carbocycles. The predicted octanol–water partition coefficient (Wildman–Crippen LogP) is 2.40. The largest absolute Gasteiger partial charge is 0.388 e. The van der Waals surface area contributed by atoms with Gasteiger partial charge >= 0.3 is 5.69 Å². The molecule has 0 fully saturated rings. The van der Waals surface area contributed by atoms with E-state index in [-0.39, 0.29) is 17.3 Å². The van der Waals surface area contributed by atoms with Crippen LogP contribution in [0.3, 0.4) is 0 Å². The summed E-state index contributed by atoms with van der Waals surface area (Å²) in [6.45, 7) is 2.37. The molecular weight excluding hydrogens is 362 g/mol. The molecule has 0 unspecified atom stereocenters. The molecule has 0 spiro atoms. The van der Waals surface area contributed by atoms with Crippen molar-refractivity contribution in [1.29, 1.82) is 0 Å². The third kappa shape index (κ3) is 3.57. The third-order valence-electron chi connectivity index (χ3n) is 2.57. The Labute approximate surface area is 132 Å². The minimum absolute atomic E-state index is 0.106. The maximum absolute atomic E-state index is 11.1. The van der Waals surface area contributed by atoms with E-state index in [2.05, 4.69) is 31.1 Å². The van der Waals surface area contributed by atoms with Gasteiger partial charge in [0.05, 0.1) is 4.92 Å². The first-order valence-electron chi connectivity index (χ1n) is 6.07. The lowest BCUT2D eigenvalue weighted by molar-refractivity contribution is -0.388. The average molecular weight is 374 g/mol. The van der Waals surface area contributed by atoms with Crippen molar-refractivity contribution in [2.45, 2.75) is 36.7 Å². The summed E-state index contributed by atoms with van der Waals surface area (Å²) in [6, 6.07) is 1.39. The Kier molecular flexibility index (Phi) is 5.26. The van der Waals surface area contributed by atoms with E-state index in [1.165, 1.54) is 12.3 Å². The molecule has 2 heterocycles. The fraction of sp³-hybridized carbons (Fsp3) is 0.364. The lowest BCUT2D eigenvalue weighted by Gasteiger charge is -2.07. The summed E-state index contributed by atoms with van der Waals surface area (Å²) in [5.41, 5.74) is -0.106. The number of nitro groups is 1. The second-order valence-corrected chi connectivity index (χ2v) is 5.92. The van der Waals surface area contributed by atoms with Gasteiger partial charge in [0.1, 0.15) is 6.61 Å². The molecular formula is C11H12BrN5O3S. The molecule has 8 nitrogen and oxygen atoms in total. The lowest BCUT2D eigenvalue weighted by Crippen LogP contribution is -2.05. The van der Waals surface area contributed by atoms with Crippen LogP contribution < -0.4 is 0 Å². The highest BCUT2D eigenvalue weighted by Gasteiger charge is 2.21. The molecule has 10 heteroatoms. The molecule has 0 saturated carbocycles. The first-order chi connectivity index (χ1) is 10.1. The standard InChI is InChI=1S/C11H12BrN5O3S/c1-2-3-16-9(6-18)14-15-11(16)21-10-8(17(19)20)4-7(12)5-13-10/h4-5,18H,2-3,6H2,1H3. The van der Waals surface area contributed by atoms with E-state index in [0.717, 1.165) is 18.2 Å². The molecule has 0 radical (unpaired) electrons. The SMILES string of the molecule is CCCn1c(CO)nnc1Sc1ncc(Br)cc1[N+](=O)[O-]. The molecule has 0 bridgehead atoms. The fourth-order valence-electron chi connectivity index (χ4n) is 1.67. The Morgan fingerprint density at radius 2 is 2.29 bits per heavy atom. The summed E-state index contributed by atoms with van der Waals surface area (Å²) in [4.78, 5) is 14.7. The Morgan fingerprint density at radius 3 is 2.90 bits per heavy atom. The molecule has 21 heavy (non-hydrogen) atoms. The van der Waals surface area contributed by atoms with Gasteiger partial charge in [-0.1, -0.05) is 6.92 Å². The average Bonchev–Trinajstić information content (AvgIpc) is 2.83. The van der Waals surface area contributed by atoms with Crippen molar-refractivity contribution in [3.63, 3.8) is 0 Å². The van der Waals surface area contributed by atoms with E-state index in [0.29, 0.717) is 22.0 Å². The molecule has 0 aliphatic rings. The lowest BCUT2D eigenvalue weighted by atomic mass is 10.4. The van der Waals surface area contributed by atoms with E-state index in [1.807, 2.05) is 6.92 Å².